The van der Waals surface area contributed by atoms with Crippen molar-refractivity contribution in [2.75, 3.05) is 18.4 Å². The van der Waals surface area contributed by atoms with Crippen molar-refractivity contribution in [2.45, 2.75) is 33.2 Å². The summed E-state index contributed by atoms with van der Waals surface area (Å²) in [5, 5.41) is 3.44. The molecule has 4 heteroatoms. The average molecular weight is 260 g/mol. The predicted molar refractivity (Wildman–Crippen MR) is 81.3 cm³/mol. The molecule has 1 aromatic heterocycles. The Hall–Kier alpha value is -1.55. The summed E-state index contributed by atoms with van der Waals surface area (Å²) in [5.74, 6) is 1.69. The Morgan fingerprint density at radius 1 is 1.32 bits per heavy atom. The lowest BCUT2D eigenvalue weighted by atomic mass is 10.1. The molecule has 0 fully saturated rings. The lowest BCUT2D eigenvalue weighted by Gasteiger charge is -2.10. The summed E-state index contributed by atoms with van der Waals surface area (Å²) in [6, 6.07) is 8.20. The molecule has 0 unspecified atom stereocenters. The highest BCUT2D eigenvalue weighted by atomic mass is 15.2. The first-order valence-corrected chi connectivity index (χ1v) is 7.11. The van der Waals surface area contributed by atoms with Gasteiger partial charge in [0.25, 0.3) is 0 Å². The first-order valence-electron chi connectivity index (χ1n) is 7.11. The average Bonchev–Trinajstić information content (AvgIpc) is 2.74. The maximum Gasteiger partial charge on any atom is 0.203 e. The van der Waals surface area contributed by atoms with E-state index in [0.717, 1.165) is 36.0 Å². The molecule has 3 N–H and O–H groups in total. The van der Waals surface area contributed by atoms with Crippen molar-refractivity contribution in [1.29, 1.82) is 0 Å². The van der Waals surface area contributed by atoms with Crippen molar-refractivity contribution in [3.05, 3.63) is 24.3 Å². The van der Waals surface area contributed by atoms with Gasteiger partial charge in [-0.1, -0.05) is 26.0 Å². The molecule has 1 heterocycles. The van der Waals surface area contributed by atoms with Crippen LogP contribution in [0.2, 0.25) is 0 Å². The predicted octanol–water partition coefficient (Wildman–Crippen LogP) is 2.84. The minimum absolute atomic E-state index is 0.626. The Morgan fingerprint density at radius 3 is 2.84 bits per heavy atom. The third kappa shape index (κ3) is 3.47. The summed E-state index contributed by atoms with van der Waals surface area (Å²) in [6.07, 6.45) is 2.41. The second-order valence-electron chi connectivity index (χ2n) is 5.33. The van der Waals surface area contributed by atoms with E-state index in [1.807, 2.05) is 18.2 Å². The van der Waals surface area contributed by atoms with Gasteiger partial charge in [0, 0.05) is 19.6 Å². The van der Waals surface area contributed by atoms with E-state index in [2.05, 4.69) is 34.8 Å². The minimum atomic E-state index is 0.626. The molecular weight excluding hydrogens is 236 g/mol. The Morgan fingerprint density at radius 2 is 2.11 bits per heavy atom. The van der Waals surface area contributed by atoms with Crippen LogP contribution in [0.1, 0.15) is 26.7 Å². The summed E-state index contributed by atoms with van der Waals surface area (Å²) in [4.78, 5) is 4.64. The number of nitrogens with two attached hydrogens (primary N) is 1. The number of hydrogen-bond acceptors (Lipinski definition) is 3. The van der Waals surface area contributed by atoms with E-state index < -0.39 is 0 Å². The van der Waals surface area contributed by atoms with Crippen molar-refractivity contribution in [1.82, 2.24) is 9.55 Å². The molecule has 0 aliphatic rings. The van der Waals surface area contributed by atoms with Crippen LogP contribution in [0.25, 0.3) is 11.0 Å². The van der Waals surface area contributed by atoms with Gasteiger partial charge in [-0.15, -0.1) is 0 Å². The Labute approximate surface area is 115 Å². The molecular formula is C15H24N4. The van der Waals surface area contributed by atoms with E-state index in [-0.39, 0.29) is 0 Å². The topological polar surface area (TPSA) is 55.9 Å². The first-order chi connectivity index (χ1) is 9.22. The number of aromatic nitrogens is 2. The van der Waals surface area contributed by atoms with Crippen LogP contribution in [0.5, 0.6) is 0 Å². The molecule has 2 rings (SSSR count). The summed E-state index contributed by atoms with van der Waals surface area (Å²) >= 11 is 0. The van der Waals surface area contributed by atoms with Crippen molar-refractivity contribution in [3.8, 4) is 0 Å². The van der Waals surface area contributed by atoms with Crippen LogP contribution in [0.15, 0.2) is 24.3 Å². The Balaban J connectivity index is 2.10. The fourth-order valence-corrected chi connectivity index (χ4v) is 2.28. The monoisotopic (exact) mass is 260 g/mol. The molecule has 0 atom stereocenters. The largest absolute Gasteiger partial charge is 0.356 e. The quantitative estimate of drug-likeness (QED) is 0.753. The lowest BCUT2D eigenvalue weighted by molar-refractivity contribution is 0.565. The Kier molecular flexibility index (Phi) is 4.80. The zero-order chi connectivity index (χ0) is 13.7. The third-order valence-electron chi connectivity index (χ3n) is 3.25. The number of rotatable bonds is 7. The van der Waals surface area contributed by atoms with Crippen LogP contribution < -0.4 is 11.1 Å². The van der Waals surface area contributed by atoms with Crippen molar-refractivity contribution < 1.29 is 0 Å². The molecule has 0 aliphatic heterocycles. The van der Waals surface area contributed by atoms with Crippen LogP contribution in [-0.2, 0) is 6.54 Å². The molecule has 0 radical (unpaired) electrons. The molecule has 0 saturated carbocycles. The van der Waals surface area contributed by atoms with Crippen molar-refractivity contribution in [2.24, 2.45) is 11.7 Å². The van der Waals surface area contributed by atoms with Crippen LogP contribution in [-0.4, -0.2) is 22.6 Å². The number of nitrogens with one attached hydrogen (secondary N) is 1. The summed E-state index contributed by atoms with van der Waals surface area (Å²) in [7, 11) is 0. The van der Waals surface area contributed by atoms with Crippen LogP contribution >= 0.6 is 0 Å². The summed E-state index contributed by atoms with van der Waals surface area (Å²) < 4.78 is 2.17. The summed E-state index contributed by atoms with van der Waals surface area (Å²) in [6.45, 7) is 6.90. The van der Waals surface area contributed by atoms with E-state index in [9.17, 15) is 0 Å². The normalized spacial score (nSPS) is 11.4. The molecule has 0 aliphatic carbocycles. The van der Waals surface area contributed by atoms with Gasteiger partial charge in [0.15, 0.2) is 0 Å². The highest BCUT2D eigenvalue weighted by molar-refractivity contribution is 5.78. The second kappa shape index (κ2) is 6.57. The highest BCUT2D eigenvalue weighted by Crippen LogP contribution is 2.19. The van der Waals surface area contributed by atoms with Gasteiger partial charge >= 0.3 is 0 Å². The molecule has 0 amide bonds. The van der Waals surface area contributed by atoms with Crippen LogP contribution in [0.4, 0.5) is 5.95 Å². The SMILES string of the molecule is CC(C)CCCNc1nc2ccccc2n1CCN. The van der Waals surface area contributed by atoms with Gasteiger partial charge < -0.3 is 15.6 Å². The number of hydrogen-bond donors (Lipinski definition) is 2. The highest BCUT2D eigenvalue weighted by Gasteiger charge is 2.08. The van der Waals surface area contributed by atoms with E-state index in [1.54, 1.807) is 0 Å². The molecule has 104 valence electrons. The fourth-order valence-electron chi connectivity index (χ4n) is 2.28. The van der Waals surface area contributed by atoms with E-state index in [0.29, 0.717) is 6.54 Å². The minimum Gasteiger partial charge on any atom is -0.356 e. The number of benzene rings is 1. The molecule has 4 nitrogen and oxygen atoms in total. The van der Waals surface area contributed by atoms with Gasteiger partial charge in [0.1, 0.15) is 0 Å². The standard InChI is InChI=1S/C15H24N4/c1-12(2)6-5-10-17-15-18-13-7-3-4-8-14(13)19(15)11-9-16/h3-4,7-8,12H,5-6,9-11,16H2,1-2H3,(H,17,18). The van der Waals surface area contributed by atoms with E-state index in [1.165, 1.54) is 12.8 Å². The first kappa shape index (κ1) is 13.9. The van der Waals surface area contributed by atoms with Crippen molar-refractivity contribution >= 4 is 17.0 Å². The zero-order valence-corrected chi connectivity index (χ0v) is 11.9. The molecule has 2 aromatic rings. The smallest absolute Gasteiger partial charge is 0.203 e. The molecule has 19 heavy (non-hydrogen) atoms. The van der Waals surface area contributed by atoms with Crippen LogP contribution in [0.3, 0.4) is 0 Å². The second-order valence-corrected chi connectivity index (χ2v) is 5.33. The maximum absolute atomic E-state index is 5.70. The van der Waals surface area contributed by atoms with Gasteiger partial charge in [0.05, 0.1) is 11.0 Å². The number of para-hydroxylation sites is 2. The van der Waals surface area contributed by atoms with Crippen LogP contribution in [0, 0.1) is 5.92 Å². The van der Waals surface area contributed by atoms with Crippen molar-refractivity contribution in [3.63, 3.8) is 0 Å². The third-order valence-corrected chi connectivity index (χ3v) is 3.25. The number of nitrogens with zero attached hydrogens (tertiary/aromatic N) is 2. The van der Waals surface area contributed by atoms with E-state index in [4.69, 9.17) is 5.73 Å². The molecule has 0 bridgehead atoms. The van der Waals surface area contributed by atoms with Gasteiger partial charge in [-0.25, -0.2) is 4.98 Å². The zero-order valence-electron chi connectivity index (χ0n) is 11.9. The lowest BCUT2D eigenvalue weighted by Crippen LogP contribution is -2.14. The maximum atomic E-state index is 5.70. The van der Waals surface area contributed by atoms with E-state index >= 15 is 0 Å². The number of anilines is 1. The number of imidazole rings is 1. The molecule has 0 spiro atoms. The fraction of sp³-hybridized carbons (Fsp3) is 0.533. The molecule has 1 aromatic carbocycles. The Bertz CT molecular complexity index is 516. The van der Waals surface area contributed by atoms with Gasteiger partial charge in [-0.2, -0.15) is 0 Å². The van der Waals surface area contributed by atoms with Gasteiger partial charge in [-0.3, -0.25) is 0 Å². The molecule has 0 saturated heterocycles. The van der Waals surface area contributed by atoms with Gasteiger partial charge in [0.2, 0.25) is 5.95 Å². The summed E-state index contributed by atoms with van der Waals surface area (Å²) in [5.41, 5.74) is 7.88. The van der Waals surface area contributed by atoms with Gasteiger partial charge in [-0.05, 0) is 30.9 Å². The number of fused-ring (bicyclic) bond motifs is 1.